The number of alkyl halides is 2. The van der Waals surface area contributed by atoms with E-state index < -0.39 is 8.07 Å². The molecule has 0 amide bonds. The van der Waals surface area contributed by atoms with Gasteiger partial charge in [0.2, 0.25) is 0 Å². The van der Waals surface area contributed by atoms with E-state index in [4.69, 9.17) is 23.2 Å². The molecule has 0 aliphatic carbocycles. The van der Waals surface area contributed by atoms with E-state index in [2.05, 4.69) is 13.1 Å². The van der Waals surface area contributed by atoms with Crippen LogP contribution in [0.2, 0.25) is 19.1 Å². The molecular formula is C9H18Cl2Si. The standard InChI is InChI=1S/C9H18Cl2Si/c1-12(2)7-5-3-4-6-8(10)9(12)11/h8-9H,3-7H2,1-2H3. The van der Waals surface area contributed by atoms with Crippen LogP contribution in [0, 0.1) is 0 Å². The molecule has 3 heteroatoms. The summed E-state index contributed by atoms with van der Waals surface area (Å²) >= 11 is 12.6. The highest BCUT2D eigenvalue weighted by Gasteiger charge is 2.35. The fourth-order valence-electron chi connectivity index (χ4n) is 1.87. The van der Waals surface area contributed by atoms with Gasteiger partial charge in [-0.25, -0.2) is 0 Å². The summed E-state index contributed by atoms with van der Waals surface area (Å²) in [5.41, 5.74) is 0. The maximum atomic E-state index is 6.37. The van der Waals surface area contributed by atoms with Gasteiger partial charge >= 0.3 is 0 Å². The number of hydrogen-bond acceptors (Lipinski definition) is 0. The first-order chi connectivity index (χ1) is 5.54. The Labute approximate surface area is 86.6 Å². The molecule has 0 saturated carbocycles. The van der Waals surface area contributed by atoms with E-state index in [1.54, 1.807) is 0 Å². The Morgan fingerprint density at radius 3 is 2.42 bits per heavy atom. The largest absolute Gasteiger partial charge is 0.125 e. The molecule has 0 bridgehead atoms. The SMILES string of the molecule is C[Si]1(C)CCCCCC(Cl)C1Cl. The van der Waals surface area contributed by atoms with E-state index in [0.29, 0.717) is 0 Å². The summed E-state index contributed by atoms with van der Waals surface area (Å²) in [6.07, 6.45) is 5.10. The minimum Gasteiger partial charge on any atom is -0.125 e. The highest BCUT2D eigenvalue weighted by Crippen LogP contribution is 2.32. The second kappa shape index (κ2) is 4.34. The molecule has 1 rings (SSSR count). The molecule has 0 aromatic carbocycles. The normalized spacial score (nSPS) is 37.0. The van der Waals surface area contributed by atoms with Gasteiger partial charge in [-0.1, -0.05) is 38.4 Å². The maximum Gasteiger partial charge on any atom is 0.0698 e. The van der Waals surface area contributed by atoms with E-state index in [9.17, 15) is 0 Å². The van der Waals surface area contributed by atoms with Crippen LogP contribution in [-0.2, 0) is 0 Å². The zero-order valence-electron chi connectivity index (χ0n) is 7.95. The molecular weight excluding hydrogens is 207 g/mol. The lowest BCUT2D eigenvalue weighted by Gasteiger charge is -2.33. The summed E-state index contributed by atoms with van der Waals surface area (Å²) in [6.45, 7) is 4.73. The lowest BCUT2D eigenvalue weighted by molar-refractivity contribution is 0.627. The van der Waals surface area contributed by atoms with E-state index in [0.717, 1.165) is 6.42 Å². The number of rotatable bonds is 0. The van der Waals surface area contributed by atoms with Crippen molar-refractivity contribution >= 4 is 31.3 Å². The molecule has 0 spiro atoms. The number of hydrogen-bond donors (Lipinski definition) is 0. The van der Waals surface area contributed by atoms with Gasteiger partial charge in [-0.15, -0.1) is 23.2 Å². The molecule has 0 nitrogen and oxygen atoms in total. The van der Waals surface area contributed by atoms with Gasteiger partial charge in [0.1, 0.15) is 0 Å². The first-order valence-corrected chi connectivity index (χ1v) is 8.98. The van der Waals surface area contributed by atoms with Crippen molar-refractivity contribution in [1.82, 2.24) is 0 Å². The van der Waals surface area contributed by atoms with Crippen LogP contribution < -0.4 is 0 Å². The molecule has 0 aromatic rings. The Morgan fingerprint density at radius 1 is 1.08 bits per heavy atom. The lowest BCUT2D eigenvalue weighted by atomic mass is 10.1. The average Bonchev–Trinajstić information content (AvgIpc) is 2.00. The summed E-state index contributed by atoms with van der Waals surface area (Å²) in [6, 6.07) is 1.35. The molecule has 0 radical (unpaired) electrons. The molecule has 1 aliphatic rings. The van der Waals surface area contributed by atoms with Gasteiger partial charge in [0.15, 0.2) is 0 Å². The Morgan fingerprint density at radius 2 is 1.75 bits per heavy atom. The van der Waals surface area contributed by atoms with Crippen molar-refractivity contribution in [3.8, 4) is 0 Å². The first-order valence-electron chi connectivity index (χ1n) is 4.82. The average molecular weight is 225 g/mol. The number of halogens is 2. The van der Waals surface area contributed by atoms with E-state index >= 15 is 0 Å². The van der Waals surface area contributed by atoms with Crippen LogP contribution in [0.4, 0.5) is 0 Å². The minimum absolute atomic E-state index is 0.230. The highest BCUT2D eigenvalue weighted by molar-refractivity contribution is 6.85. The summed E-state index contributed by atoms with van der Waals surface area (Å²) in [4.78, 5) is 0. The Bertz CT molecular complexity index is 147. The zero-order chi connectivity index (χ0) is 9.19. The van der Waals surface area contributed by atoms with Gasteiger partial charge in [-0.3, -0.25) is 0 Å². The zero-order valence-corrected chi connectivity index (χ0v) is 10.5. The van der Waals surface area contributed by atoms with Crippen LogP contribution in [0.1, 0.15) is 25.7 Å². The lowest BCUT2D eigenvalue weighted by Crippen LogP contribution is -2.44. The van der Waals surface area contributed by atoms with Crippen molar-refractivity contribution < 1.29 is 0 Å². The molecule has 2 atom stereocenters. The van der Waals surface area contributed by atoms with Crippen molar-refractivity contribution in [1.29, 1.82) is 0 Å². The van der Waals surface area contributed by atoms with E-state index in [1.165, 1.54) is 25.3 Å². The Balaban J connectivity index is 2.60. The third-order valence-electron chi connectivity index (χ3n) is 2.87. The fraction of sp³-hybridized carbons (Fsp3) is 1.00. The first kappa shape index (κ1) is 10.9. The van der Waals surface area contributed by atoms with Gasteiger partial charge in [-0.2, -0.15) is 0 Å². The van der Waals surface area contributed by atoms with Crippen LogP contribution >= 0.6 is 23.2 Å². The molecule has 0 N–H and O–H groups in total. The van der Waals surface area contributed by atoms with Crippen molar-refractivity contribution in [2.45, 2.75) is 55.2 Å². The second-order valence-corrected chi connectivity index (χ2v) is 11.0. The molecule has 12 heavy (non-hydrogen) atoms. The molecule has 1 aliphatic heterocycles. The second-order valence-electron chi connectivity index (χ2n) is 4.51. The topological polar surface area (TPSA) is 0 Å². The van der Waals surface area contributed by atoms with Gasteiger partial charge < -0.3 is 0 Å². The minimum atomic E-state index is -1.21. The Hall–Kier alpha value is 0.797. The van der Waals surface area contributed by atoms with Gasteiger partial charge in [-0.05, 0) is 6.42 Å². The molecule has 1 heterocycles. The summed E-state index contributed by atoms with van der Waals surface area (Å²) < 4.78 is 0. The third-order valence-corrected chi connectivity index (χ3v) is 9.29. The van der Waals surface area contributed by atoms with Crippen LogP contribution in [0.25, 0.3) is 0 Å². The third kappa shape index (κ3) is 2.64. The monoisotopic (exact) mass is 224 g/mol. The molecule has 2 unspecified atom stereocenters. The Kier molecular flexibility index (Phi) is 3.93. The van der Waals surface area contributed by atoms with Crippen molar-refractivity contribution in [3.05, 3.63) is 0 Å². The van der Waals surface area contributed by atoms with Crippen molar-refractivity contribution in [3.63, 3.8) is 0 Å². The highest BCUT2D eigenvalue weighted by atomic mass is 35.5. The van der Waals surface area contributed by atoms with Gasteiger partial charge in [0, 0.05) is 10.4 Å². The van der Waals surface area contributed by atoms with Crippen LogP contribution in [0.5, 0.6) is 0 Å². The summed E-state index contributed by atoms with van der Waals surface area (Å²) in [5, 5.41) is 0.507. The van der Waals surface area contributed by atoms with E-state index in [1.807, 2.05) is 0 Å². The van der Waals surface area contributed by atoms with Crippen LogP contribution in [-0.4, -0.2) is 18.5 Å². The van der Waals surface area contributed by atoms with E-state index in [-0.39, 0.29) is 10.4 Å². The quantitative estimate of drug-likeness (QED) is 0.431. The van der Waals surface area contributed by atoms with Gasteiger partial charge in [0.05, 0.1) is 8.07 Å². The molecule has 0 aromatic heterocycles. The molecule has 1 fully saturated rings. The predicted octanol–water partition coefficient (Wildman–Crippen LogP) is 4.02. The van der Waals surface area contributed by atoms with Crippen LogP contribution in [0.3, 0.4) is 0 Å². The molecule has 72 valence electrons. The van der Waals surface area contributed by atoms with Crippen LogP contribution in [0.15, 0.2) is 0 Å². The van der Waals surface area contributed by atoms with Crippen molar-refractivity contribution in [2.24, 2.45) is 0 Å². The molecule has 1 saturated heterocycles. The van der Waals surface area contributed by atoms with Gasteiger partial charge in [0.25, 0.3) is 0 Å². The predicted molar refractivity (Wildman–Crippen MR) is 60.0 cm³/mol. The van der Waals surface area contributed by atoms with Crippen molar-refractivity contribution in [2.75, 3.05) is 0 Å². The maximum absolute atomic E-state index is 6.37. The fourth-order valence-corrected chi connectivity index (χ4v) is 6.08. The summed E-state index contributed by atoms with van der Waals surface area (Å²) in [7, 11) is -1.21. The smallest absolute Gasteiger partial charge is 0.0698 e. The summed E-state index contributed by atoms with van der Waals surface area (Å²) in [5.74, 6) is 0.